The van der Waals surface area contributed by atoms with Gasteiger partial charge < -0.3 is 15.4 Å². The Labute approximate surface area is 157 Å². The maximum Gasteiger partial charge on any atom is 0.191 e. The maximum atomic E-state index is 5.61. The van der Waals surface area contributed by atoms with Gasteiger partial charge in [-0.1, -0.05) is 31.0 Å². The third-order valence-electron chi connectivity index (χ3n) is 4.48. The molecule has 5 heteroatoms. The van der Waals surface area contributed by atoms with Crippen molar-refractivity contribution in [3.63, 3.8) is 0 Å². The maximum absolute atomic E-state index is 5.61. The predicted octanol–water partition coefficient (Wildman–Crippen LogP) is 3.70. The predicted molar refractivity (Wildman–Crippen MR) is 108 cm³/mol. The van der Waals surface area contributed by atoms with E-state index in [-0.39, 0.29) is 29.4 Å². The molecule has 0 aromatic heterocycles. The van der Waals surface area contributed by atoms with Crippen LogP contribution >= 0.6 is 24.0 Å². The molecule has 2 rings (SSSR count). The number of guanidine groups is 1. The average Bonchev–Trinajstić information content (AvgIpc) is 3.01. The Morgan fingerprint density at radius 1 is 1.26 bits per heavy atom. The quantitative estimate of drug-likeness (QED) is 0.425. The Morgan fingerprint density at radius 3 is 2.48 bits per heavy atom. The van der Waals surface area contributed by atoms with Crippen molar-refractivity contribution in [1.29, 1.82) is 0 Å². The van der Waals surface area contributed by atoms with Crippen molar-refractivity contribution in [2.24, 2.45) is 4.99 Å². The standard InChI is InChI=1S/C18H29N3O.HI/c1-14(2)21-17(19-3)20-13-18(11-7-8-12-18)15-9-5-6-10-16(15)22-4;/h5-6,9-10,14H,7-8,11-13H2,1-4H3,(H2,19,20,21);1H. The molecule has 2 N–H and O–H groups in total. The summed E-state index contributed by atoms with van der Waals surface area (Å²) in [6.45, 7) is 5.14. The van der Waals surface area contributed by atoms with Crippen LogP contribution in [0.25, 0.3) is 0 Å². The molecule has 0 atom stereocenters. The molecule has 1 aromatic carbocycles. The van der Waals surface area contributed by atoms with Crippen LogP contribution < -0.4 is 15.4 Å². The number of para-hydroxylation sites is 1. The number of hydrogen-bond donors (Lipinski definition) is 2. The molecule has 1 aliphatic rings. The summed E-state index contributed by atoms with van der Waals surface area (Å²) >= 11 is 0. The third kappa shape index (κ3) is 4.99. The summed E-state index contributed by atoms with van der Waals surface area (Å²) in [4.78, 5) is 4.32. The third-order valence-corrected chi connectivity index (χ3v) is 4.48. The van der Waals surface area contributed by atoms with Gasteiger partial charge in [0.25, 0.3) is 0 Å². The van der Waals surface area contributed by atoms with Gasteiger partial charge >= 0.3 is 0 Å². The molecule has 130 valence electrons. The van der Waals surface area contributed by atoms with Gasteiger partial charge in [0.05, 0.1) is 7.11 Å². The molecule has 0 unspecified atom stereocenters. The fourth-order valence-corrected chi connectivity index (χ4v) is 3.40. The molecule has 0 saturated heterocycles. The lowest BCUT2D eigenvalue weighted by Crippen LogP contribution is -2.46. The number of ether oxygens (including phenoxy) is 1. The fourth-order valence-electron chi connectivity index (χ4n) is 3.40. The van der Waals surface area contributed by atoms with Crippen LogP contribution in [0.15, 0.2) is 29.3 Å². The Bertz CT molecular complexity index is 511. The number of rotatable bonds is 5. The molecule has 0 aliphatic heterocycles. The zero-order valence-corrected chi connectivity index (χ0v) is 17.0. The van der Waals surface area contributed by atoms with Gasteiger partial charge in [0.1, 0.15) is 5.75 Å². The minimum absolute atomic E-state index is 0. The van der Waals surface area contributed by atoms with Gasteiger partial charge in [-0.15, -0.1) is 24.0 Å². The highest BCUT2D eigenvalue weighted by molar-refractivity contribution is 14.0. The van der Waals surface area contributed by atoms with Crippen LogP contribution in [-0.4, -0.2) is 32.7 Å². The van der Waals surface area contributed by atoms with Gasteiger partial charge in [0, 0.05) is 30.6 Å². The van der Waals surface area contributed by atoms with E-state index in [1.54, 1.807) is 7.11 Å². The van der Waals surface area contributed by atoms with E-state index >= 15 is 0 Å². The summed E-state index contributed by atoms with van der Waals surface area (Å²) in [5.74, 6) is 1.87. The lowest BCUT2D eigenvalue weighted by Gasteiger charge is -2.32. The van der Waals surface area contributed by atoms with Crippen molar-refractivity contribution in [1.82, 2.24) is 10.6 Å². The van der Waals surface area contributed by atoms with Gasteiger partial charge in [0.15, 0.2) is 5.96 Å². The molecule has 1 aromatic rings. The Kier molecular flexibility index (Phi) is 8.16. The summed E-state index contributed by atoms with van der Waals surface area (Å²) < 4.78 is 5.61. The Hall–Kier alpha value is -0.980. The fraction of sp³-hybridized carbons (Fsp3) is 0.611. The second-order valence-electron chi connectivity index (χ2n) is 6.41. The highest BCUT2D eigenvalue weighted by atomic mass is 127. The first-order valence-corrected chi connectivity index (χ1v) is 8.22. The van der Waals surface area contributed by atoms with E-state index in [9.17, 15) is 0 Å². The van der Waals surface area contributed by atoms with Gasteiger partial charge in [0.2, 0.25) is 0 Å². The summed E-state index contributed by atoms with van der Waals surface area (Å²) in [5, 5.41) is 6.88. The van der Waals surface area contributed by atoms with Crippen molar-refractivity contribution >= 4 is 29.9 Å². The highest BCUT2D eigenvalue weighted by Crippen LogP contribution is 2.44. The second-order valence-corrected chi connectivity index (χ2v) is 6.41. The van der Waals surface area contributed by atoms with E-state index in [0.29, 0.717) is 6.04 Å². The van der Waals surface area contributed by atoms with Crippen molar-refractivity contribution in [2.45, 2.75) is 51.0 Å². The first-order valence-electron chi connectivity index (χ1n) is 8.22. The average molecular weight is 431 g/mol. The molecule has 0 radical (unpaired) electrons. The van der Waals surface area contributed by atoms with Crippen LogP contribution in [0.1, 0.15) is 45.1 Å². The molecule has 1 aliphatic carbocycles. The van der Waals surface area contributed by atoms with Crippen LogP contribution in [0.3, 0.4) is 0 Å². The van der Waals surface area contributed by atoms with E-state index < -0.39 is 0 Å². The molecule has 0 heterocycles. The molecule has 0 bridgehead atoms. The number of hydrogen-bond acceptors (Lipinski definition) is 2. The number of nitrogens with zero attached hydrogens (tertiary/aromatic N) is 1. The van der Waals surface area contributed by atoms with Crippen LogP contribution in [0.2, 0.25) is 0 Å². The molecule has 0 spiro atoms. The monoisotopic (exact) mass is 431 g/mol. The van der Waals surface area contributed by atoms with Gasteiger partial charge in [-0.2, -0.15) is 0 Å². The minimum Gasteiger partial charge on any atom is -0.496 e. The zero-order chi connectivity index (χ0) is 16.0. The zero-order valence-electron chi connectivity index (χ0n) is 14.7. The summed E-state index contributed by atoms with van der Waals surface area (Å²) in [5.41, 5.74) is 1.46. The number of benzene rings is 1. The normalized spacial score (nSPS) is 16.8. The lowest BCUT2D eigenvalue weighted by atomic mass is 9.78. The Balaban J connectivity index is 0.00000264. The highest BCUT2D eigenvalue weighted by Gasteiger charge is 2.37. The van der Waals surface area contributed by atoms with E-state index in [0.717, 1.165) is 18.3 Å². The van der Waals surface area contributed by atoms with Crippen molar-refractivity contribution in [2.75, 3.05) is 20.7 Å². The molecule has 1 saturated carbocycles. The van der Waals surface area contributed by atoms with E-state index in [1.807, 2.05) is 13.1 Å². The largest absolute Gasteiger partial charge is 0.496 e. The SMILES string of the molecule is CN=C(NCC1(c2ccccc2OC)CCCC1)NC(C)C.I. The van der Waals surface area contributed by atoms with Crippen LogP contribution in [0.5, 0.6) is 5.75 Å². The van der Waals surface area contributed by atoms with Crippen LogP contribution in [0, 0.1) is 0 Å². The minimum atomic E-state index is 0. The molecule has 1 fully saturated rings. The number of methoxy groups -OCH3 is 1. The van der Waals surface area contributed by atoms with Crippen molar-refractivity contribution in [3.05, 3.63) is 29.8 Å². The lowest BCUT2D eigenvalue weighted by molar-refractivity contribution is 0.371. The second kappa shape index (κ2) is 9.35. The number of aliphatic imine (C=N–C) groups is 1. The topological polar surface area (TPSA) is 45.7 Å². The van der Waals surface area contributed by atoms with E-state index in [1.165, 1.54) is 31.2 Å². The van der Waals surface area contributed by atoms with E-state index in [2.05, 4.69) is 47.7 Å². The van der Waals surface area contributed by atoms with Crippen molar-refractivity contribution in [3.8, 4) is 5.75 Å². The van der Waals surface area contributed by atoms with Crippen molar-refractivity contribution < 1.29 is 4.74 Å². The summed E-state index contributed by atoms with van der Waals surface area (Å²) in [6.07, 6.45) is 4.93. The first-order chi connectivity index (χ1) is 10.6. The molecular weight excluding hydrogens is 401 g/mol. The first kappa shape index (κ1) is 20.1. The summed E-state index contributed by atoms with van der Waals surface area (Å²) in [7, 11) is 3.58. The smallest absolute Gasteiger partial charge is 0.191 e. The Morgan fingerprint density at radius 2 is 1.91 bits per heavy atom. The van der Waals surface area contributed by atoms with Crippen LogP contribution in [-0.2, 0) is 5.41 Å². The molecule has 0 amide bonds. The van der Waals surface area contributed by atoms with Gasteiger partial charge in [-0.3, -0.25) is 4.99 Å². The number of nitrogens with one attached hydrogen (secondary N) is 2. The van der Waals surface area contributed by atoms with Gasteiger partial charge in [-0.25, -0.2) is 0 Å². The van der Waals surface area contributed by atoms with Gasteiger partial charge in [-0.05, 0) is 32.8 Å². The molecule has 23 heavy (non-hydrogen) atoms. The summed E-state index contributed by atoms with van der Waals surface area (Å²) in [6, 6.07) is 8.80. The van der Waals surface area contributed by atoms with Crippen LogP contribution in [0.4, 0.5) is 0 Å². The molecule has 4 nitrogen and oxygen atoms in total. The van der Waals surface area contributed by atoms with E-state index in [4.69, 9.17) is 4.74 Å². The molecular formula is C18H30IN3O. The number of halogens is 1.